The Morgan fingerprint density at radius 2 is 1.64 bits per heavy atom. The number of imidazole rings is 1. The number of aromatic nitrogens is 2. The predicted octanol–water partition coefficient (Wildman–Crippen LogP) is 4.91. The third kappa shape index (κ3) is 2.99. The molecule has 0 fully saturated rings. The standard InChI is InChI=1S/C20H14ClN3O/c21-16-11-9-15(10-12-16)20(25)23-19-18(14-6-2-1-3-7-14)22-17-8-4-5-13-24(17)19/h1-13H,(H,23,25). The van der Waals surface area contributed by atoms with Crippen LogP contribution < -0.4 is 5.32 Å². The molecule has 0 aliphatic rings. The van der Waals surface area contributed by atoms with E-state index in [4.69, 9.17) is 11.6 Å². The van der Waals surface area contributed by atoms with Crippen LogP contribution in [0.25, 0.3) is 16.9 Å². The van der Waals surface area contributed by atoms with Crippen LogP contribution in [0.2, 0.25) is 5.02 Å². The molecule has 0 bridgehead atoms. The molecule has 0 saturated carbocycles. The second-order valence-electron chi connectivity index (χ2n) is 5.56. The molecule has 0 saturated heterocycles. The summed E-state index contributed by atoms with van der Waals surface area (Å²) in [4.78, 5) is 17.3. The summed E-state index contributed by atoms with van der Waals surface area (Å²) in [7, 11) is 0. The fourth-order valence-corrected chi connectivity index (χ4v) is 2.82. The van der Waals surface area contributed by atoms with Gasteiger partial charge in [-0.25, -0.2) is 4.98 Å². The van der Waals surface area contributed by atoms with Crippen LogP contribution >= 0.6 is 11.6 Å². The highest BCUT2D eigenvalue weighted by Gasteiger charge is 2.16. The van der Waals surface area contributed by atoms with E-state index in [1.54, 1.807) is 24.3 Å². The summed E-state index contributed by atoms with van der Waals surface area (Å²) in [6.07, 6.45) is 1.88. The second kappa shape index (κ2) is 6.42. The summed E-state index contributed by atoms with van der Waals surface area (Å²) in [5.74, 6) is 0.432. The smallest absolute Gasteiger partial charge is 0.256 e. The van der Waals surface area contributed by atoms with Crippen LogP contribution in [-0.2, 0) is 0 Å². The zero-order valence-electron chi connectivity index (χ0n) is 13.2. The Hall–Kier alpha value is -3.11. The fourth-order valence-electron chi connectivity index (χ4n) is 2.69. The summed E-state index contributed by atoms with van der Waals surface area (Å²) in [6.45, 7) is 0. The third-order valence-corrected chi connectivity index (χ3v) is 4.17. The van der Waals surface area contributed by atoms with E-state index in [-0.39, 0.29) is 5.91 Å². The molecule has 2 heterocycles. The van der Waals surface area contributed by atoms with Crippen molar-refractivity contribution in [1.29, 1.82) is 0 Å². The van der Waals surface area contributed by atoms with Crippen molar-refractivity contribution in [1.82, 2.24) is 9.38 Å². The average Bonchev–Trinajstić information content (AvgIpc) is 3.02. The van der Waals surface area contributed by atoms with E-state index >= 15 is 0 Å². The Bertz CT molecular complexity index is 1040. The molecule has 1 N–H and O–H groups in total. The van der Waals surface area contributed by atoms with Crippen LogP contribution in [0.5, 0.6) is 0 Å². The maximum atomic E-state index is 12.7. The van der Waals surface area contributed by atoms with Gasteiger partial charge in [0.25, 0.3) is 5.91 Å². The van der Waals surface area contributed by atoms with Crippen molar-refractivity contribution in [2.24, 2.45) is 0 Å². The molecular formula is C20H14ClN3O. The van der Waals surface area contributed by atoms with Crippen LogP contribution in [0.4, 0.5) is 5.82 Å². The Morgan fingerprint density at radius 3 is 2.40 bits per heavy atom. The number of amides is 1. The number of halogens is 1. The van der Waals surface area contributed by atoms with E-state index in [1.807, 2.05) is 59.1 Å². The Morgan fingerprint density at radius 1 is 0.920 bits per heavy atom. The molecule has 122 valence electrons. The number of hydrogen-bond donors (Lipinski definition) is 1. The van der Waals surface area contributed by atoms with Gasteiger partial charge in [0.15, 0.2) is 0 Å². The lowest BCUT2D eigenvalue weighted by Crippen LogP contribution is -2.13. The average molecular weight is 348 g/mol. The fraction of sp³-hybridized carbons (Fsp3) is 0. The lowest BCUT2D eigenvalue weighted by atomic mass is 10.1. The van der Waals surface area contributed by atoms with Gasteiger partial charge in [-0.15, -0.1) is 0 Å². The Labute approximate surface area is 149 Å². The van der Waals surface area contributed by atoms with Crippen LogP contribution in [0.1, 0.15) is 10.4 Å². The number of nitrogens with one attached hydrogen (secondary N) is 1. The van der Waals surface area contributed by atoms with E-state index in [0.717, 1.165) is 16.9 Å². The molecule has 0 atom stereocenters. The number of nitrogens with zero attached hydrogens (tertiary/aromatic N) is 2. The highest BCUT2D eigenvalue weighted by Crippen LogP contribution is 2.29. The molecule has 0 aliphatic carbocycles. The van der Waals surface area contributed by atoms with Gasteiger partial charge in [-0.05, 0) is 36.4 Å². The number of benzene rings is 2. The molecule has 4 nitrogen and oxygen atoms in total. The molecule has 5 heteroatoms. The molecule has 0 spiro atoms. The number of anilines is 1. The van der Waals surface area contributed by atoms with Gasteiger partial charge >= 0.3 is 0 Å². The van der Waals surface area contributed by atoms with E-state index < -0.39 is 0 Å². The largest absolute Gasteiger partial charge is 0.306 e. The minimum absolute atomic E-state index is 0.209. The van der Waals surface area contributed by atoms with E-state index in [1.165, 1.54) is 0 Å². The summed E-state index contributed by atoms with van der Waals surface area (Å²) in [5, 5.41) is 3.58. The van der Waals surface area contributed by atoms with E-state index in [0.29, 0.717) is 16.4 Å². The summed E-state index contributed by atoms with van der Waals surface area (Å²) in [6, 6.07) is 22.3. The monoisotopic (exact) mass is 347 g/mol. The van der Waals surface area contributed by atoms with Crippen LogP contribution in [0.3, 0.4) is 0 Å². The van der Waals surface area contributed by atoms with Crippen LogP contribution in [0, 0.1) is 0 Å². The molecule has 4 rings (SSSR count). The van der Waals surface area contributed by atoms with Gasteiger partial charge in [-0.1, -0.05) is 48.0 Å². The maximum Gasteiger partial charge on any atom is 0.256 e. The van der Waals surface area contributed by atoms with E-state index in [9.17, 15) is 4.79 Å². The Balaban J connectivity index is 1.80. The first-order valence-electron chi connectivity index (χ1n) is 7.82. The number of rotatable bonds is 3. The lowest BCUT2D eigenvalue weighted by Gasteiger charge is -2.08. The van der Waals surface area contributed by atoms with Crippen LogP contribution in [0.15, 0.2) is 79.0 Å². The van der Waals surface area contributed by atoms with Gasteiger partial charge < -0.3 is 5.32 Å². The minimum Gasteiger partial charge on any atom is -0.306 e. The highest BCUT2D eigenvalue weighted by molar-refractivity contribution is 6.30. The first-order chi connectivity index (χ1) is 12.2. The van der Waals surface area contributed by atoms with Crippen molar-refractivity contribution < 1.29 is 4.79 Å². The van der Waals surface area contributed by atoms with Gasteiger partial charge in [-0.3, -0.25) is 9.20 Å². The number of hydrogen-bond acceptors (Lipinski definition) is 2. The van der Waals surface area contributed by atoms with Gasteiger partial charge in [0.1, 0.15) is 17.2 Å². The van der Waals surface area contributed by atoms with Gasteiger partial charge in [0, 0.05) is 22.3 Å². The highest BCUT2D eigenvalue weighted by atomic mass is 35.5. The number of carbonyl (C=O) groups excluding carboxylic acids is 1. The Kier molecular flexibility index (Phi) is 3.96. The topological polar surface area (TPSA) is 46.4 Å². The van der Waals surface area contributed by atoms with Crippen molar-refractivity contribution in [2.45, 2.75) is 0 Å². The number of pyridine rings is 1. The van der Waals surface area contributed by atoms with Crippen molar-refractivity contribution >= 4 is 29.0 Å². The second-order valence-corrected chi connectivity index (χ2v) is 6.00. The zero-order chi connectivity index (χ0) is 17.2. The normalized spacial score (nSPS) is 10.8. The number of fused-ring (bicyclic) bond motifs is 1. The molecular weight excluding hydrogens is 334 g/mol. The molecule has 0 unspecified atom stereocenters. The maximum absolute atomic E-state index is 12.7. The predicted molar refractivity (Wildman–Crippen MR) is 100 cm³/mol. The number of carbonyl (C=O) groups is 1. The summed E-state index contributed by atoms with van der Waals surface area (Å²) < 4.78 is 1.87. The molecule has 25 heavy (non-hydrogen) atoms. The van der Waals surface area contributed by atoms with Crippen molar-refractivity contribution in [3.63, 3.8) is 0 Å². The molecule has 0 aliphatic heterocycles. The molecule has 0 radical (unpaired) electrons. The van der Waals surface area contributed by atoms with Crippen molar-refractivity contribution in [3.8, 4) is 11.3 Å². The summed E-state index contributed by atoms with van der Waals surface area (Å²) >= 11 is 5.90. The van der Waals surface area contributed by atoms with Gasteiger partial charge in [-0.2, -0.15) is 0 Å². The zero-order valence-corrected chi connectivity index (χ0v) is 13.9. The van der Waals surface area contributed by atoms with E-state index in [2.05, 4.69) is 10.3 Å². The molecule has 4 aromatic rings. The summed E-state index contributed by atoms with van der Waals surface area (Å²) in [5.41, 5.74) is 2.98. The molecule has 2 aromatic carbocycles. The van der Waals surface area contributed by atoms with Crippen molar-refractivity contribution in [3.05, 3.63) is 89.6 Å². The lowest BCUT2D eigenvalue weighted by molar-refractivity contribution is 0.102. The van der Waals surface area contributed by atoms with Gasteiger partial charge in [0.2, 0.25) is 0 Å². The quantitative estimate of drug-likeness (QED) is 0.572. The first kappa shape index (κ1) is 15.4. The van der Waals surface area contributed by atoms with Crippen molar-refractivity contribution in [2.75, 3.05) is 5.32 Å². The SMILES string of the molecule is O=C(Nc1c(-c2ccccc2)nc2ccccn12)c1ccc(Cl)cc1. The molecule has 2 aromatic heterocycles. The molecule has 1 amide bonds. The first-order valence-corrected chi connectivity index (χ1v) is 8.19. The van der Waals surface area contributed by atoms with Gasteiger partial charge in [0.05, 0.1) is 0 Å². The van der Waals surface area contributed by atoms with Crippen LogP contribution in [-0.4, -0.2) is 15.3 Å². The third-order valence-electron chi connectivity index (χ3n) is 3.92. The minimum atomic E-state index is -0.209.